The van der Waals surface area contributed by atoms with Gasteiger partial charge in [-0.2, -0.15) is 0 Å². The van der Waals surface area contributed by atoms with E-state index >= 15 is 0 Å². The minimum absolute atomic E-state index is 0.106. The van der Waals surface area contributed by atoms with Gasteiger partial charge in [0.2, 0.25) is 5.91 Å². The number of benzene rings is 3. The number of nitrogens with zero attached hydrogens (tertiary/aromatic N) is 2. The van der Waals surface area contributed by atoms with Crippen molar-refractivity contribution in [3.63, 3.8) is 0 Å². The molecule has 0 aliphatic carbocycles. The molecule has 6 nitrogen and oxygen atoms in total. The third kappa shape index (κ3) is 5.72. The van der Waals surface area contributed by atoms with Gasteiger partial charge >= 0.3 is 5.97 Å². The zero-order valence-electron chi connectivity index (χ0n) is 20.6. The zero-order chi connectivity index (χ0) is 25.0. The Morgan fingerprint density at radius 1 is 0.829 bits per heavy atom. The first-order chi connectivity index (χ1) is 16.7. The molecule has 182 valence electrons. The number of amides is 1. The van der Waals surface area contributed by atoms with Gasteiger partial charge in [0.05, 0.1) is 17.3 Å². The third-order valence-corrected chi connectivity index (χ3v) is 6.44. The van der Waals surface area contributed by atoms with Crippen LogP contribution in [0.1, 0.15) is 48.3 Å². The second-order valence-corrected chi connectivity index (χ2v) is 9.99. The molecule has 1 aliphatic rings. The van der Waals surface area contributed by atoms with E-state index in [2.05, 4.69) is 63.6 Å². The molecular weight excluding hydrogens is 438 g/mol. The van der Waals surface area contributed by atoms with Crippen molar-refractivity contribution in [3.8, 4) is 0 Å². The molecule has 2 N–H and O–H groups in total. The summed E-state index contributed by atoms with van der Waals surface area (Å²) >= 11 is 0. The van der Waals surface area contributed by atoms with Crippen LogP contribution in [0.15, 0.2) is 78.9 Å². The fourth-order valence-corrected chi connectivity index (χ4v) is 4.45. The molecule has 3 aromatic carbocycles. The Morgan fingerprint density at radius 3 is 1.86 bits per heavy atom. The van der Waals surface area contributed by atoms with Gasteiger partial charge in [-0.3, -0.25) is 9.69 Å². The lowest BCUT2D eigenvalue weighted by Crippen LogP contribution is -2.48. The lowest BCUT2D eigenvalue weighted by atomic mass is 9.95. The number of carboxylic acids is 1. The van der Waals surface area contributed by atoms with E-state index in [1.807, 2.05) is 18.2 Å². The number of hydrogen-bond acceptors (Lipinski definition) is 4. The molecule has 1 fully saturated rings. The van der Waals surface area contributed by atoms with Crippen LogP contribution in [0.25, 0.3) is 0 Å². The normalized spacial score (nSPS) is 14.7. The molecule has 0 bridgehead atoms. The van der Waals surface area contributed by atoms with E-state index in [0.717, 1.165) is 31.9 Å². The number of anilines is 2. The van der Waals surface area contributed by atoms with Gasteiger partial charge in [0.15, 0.2) is 0 Å². The van der Waals surface area contributed by atoms with Crippen molar-refractivity contribution < 1.29 is 14.7 Å². The topological polar surface area (TPSA) is 72.9 Å². The Hall–Kier alpha value is -3.64. The number of nitrogens with one attached hydrogen (secondary N) is 1. The molecule has 0 atom stereocenters. The van der Waals surface area contributed by atoms with E-state index in [1.54, 1.807) is 32.9 Å². The second kappa shape index (κ2) is 10.3. The van der Waals surface area contributed by atoms with E-state index < -0.39 is 11.4 Å². The van der Waals surface area contributed by atoms with Crippen molar-refractivity contribution in [1.82, 2.24) is 4.90 Å². The van der Waals surface area contributed by atoms with E-state index in [1.165, 1.54) is 11.1 Å². The summed E-state index contributed by atoms with van der Waals surface area (Å²) in [6, 6.07) is 26.5. The van der Waals surface area contributed by atoms with Crippen molar-refractivity contribution in [2.24, 2.45) is 5.41 Å². The van der Waals surface area contributed by atoms with Crippen LogP contribution in [0, 0.1) is 5.41 Å². The van der Waals surface area contributed by atoms with Crippen LogP contribution in [0.5, 0.6) is 0 Å². The van der Waals surface area contributed by atoms with E-state index in [9.17, 15) is 14.7 Å². The summed E-state index contributed by atoms with van der Waals surface area (Å²) in [4.78, 5) is 29.1. The maximum Gasteiger partial charge on any atom is 0.337 e. The second-order valence-electron chi connectivity index (χ2n) is 9.99. The van der Waals surface area contributed by atoms with Crippen LogP contribution in [0.2, 0.25) is 0 Å². The molecule has 6 heteroatoms. The van der Waals surface area contributed by atoms with Gasteiger partial charge in [-0.1, -0.05) is 81.4 Å². The molecule has 1 aliphatic heterocycles. The van der Waals surface area contributed by atoms with Crippen molar-refractivity contribution in [3.05, 3.63) is 95.6 Å². The maximum atomic E-state index is 12.4. The van der Waals surface area contributed by atoms with Crippen molar-refractivity contribution in [2.45, 2.75) is 26.8 Å². The Balaban J connectivity index is 1.52. The monoisotopic (exact) mass is 471 g/mol. The van der Waals surface area contributed by atoms with Gasteiger partial charge in [0.1, 0.15) is 0 Å². The fourth-order valence-electron chi connectivity index (χ4n) is 4.45. The Labute approximate surface area is 207 Å². The average Bonchev–Trinajstić information content (AvgIpc) is 2.85. The van der Waals surface area contributed by atoms with Crippen LogP contribution in [-0.2, 0) is 4.79 Å². The molecule has 3 aromatic rings. The Bertz CT molecular complexity index is 1130. The zero-order valence-corrected chi connectivity index (χ0v) is 20.6. The lowest BCUT2D eigenvalue weighted by molar-refractivity contribution is -0.123. The molecule has 0 radical (unpaired) electrons. The summed E-state index contributed by atoms with van der Waals surface area (Å²) in [5, 5.41) is 12.6. The van der Waals surface area contributed by atoms with E-state index in [4.69, 9.17) is 0 Å². The molecule has 35 heavy (non-hydrogen) atoms. The highest BCUT2D eigenvalue weighted by Gasteiger charge is 2.28. The molecule has 1 amide bonds. The molecule has 0 unspecified atom stereocenters. The van der Waals surface area contributed by atoms with Gasteiger partial charge in [-0.05, 0) is 29.3 Å². The van der Waals surface area contributed by atoms with Crippen molar-refractivity contribution >= 4 is 23.3 Å². The third-order valence-electron chi connectivity index (χ3n) is 6.44. The van der Waals surface area contributed by atoms with Crippen LogP contribution in [0.3, 0.4) is 0 Å². The first kappa shape index (κ1) is 24.5. The van der Waals surface area contributed by atoms with Gasteiger partial charge in [0, 0.05) is 37.3 Å². The minimum Gasteiger partial charge on any atom is -0.478 e. The molecule has 1 heterocycles. The van der Waals surface area contributed by atoms with Gasteiger partial charge < -0.3 is 15.3 Å². The predicted octanol–water partition coefficient (Wildman–Crippen LogP) is 5.28. The number of piperazine rings is 1. The average molecular weight is 472 g/mol. The summed E-state index contributed by atoms with van der Waals surface area (Å²) in [6.07, 6.45) is 0. The number of carboxylic acid groups (broad SMARTS) is 1. The largest absolute Gasteiger partial charge is 0.478 e. The Kier molecular flexibility index (Phi) is 7.22. The summed E-state index contributed by atoms with van der Waals surface area (Å²) < 4.78 is 0. The number of rotatable bonds is 6. The van der Waals surface area contributed by atoms with Crippen molar-refractivity contribution in [2.75, 3.05) is 36.4 Å². The van der Waals surface area contributed by atoms with E-state index in [0.29, 0.717) is 5.69 Å². The molecule has 4 rings (SSSR count). The number of carbonyl (C=O) groups excluding carboxylic acids is 1. The molecule has 0 spiro atoms. The number of carbonyl (C=O) groups is 2. The molecule has 0 aromatic heterocycles. The highest BCUT2D eigenvalue weighted by atomic mass is 16.4. The summed E-state index contributed by atoms with van der Waals surface area (Å²) in [5.41, 5.74) is 3.20. The van der Waals surface area contributed by atoms with Gasteiger partial charge in [-0.15, -0.1) is 0 Å². The summed E-state index contributed by atoms with van der Waals surface area (Å²) in [5.74, 6) is -1.27. The quantitative estimate of drug-likeness (QED) is 0.512. The predicted molar refractivity (Wildman–Crippen MR) is 140 cm³/mol. The highest BCUT2D eigenvalue weighted by molar-refractivity contribution is 6.02. The summed E-state index contributed by atoms with van der Waals surface area (Å²) in [6.45, 7) is 8.66. The van der Waals surface area contributed by atoms with Crippen LogP contribution >= 0.6 is 0 Å². The van der Waals surface area contributed by atoms with Gasteiger partial charge in [-0.25, -0.2) is 4.79 Å². The molecule has 0 saturated carbocycles. The van der Waals surface area contributed by atoms with Crippen LogP contribution < -0.4 is 10.2 Å². The number of hydrogen-bond donors (Lipinski definition) is 2. The van der Waals surface area contributed by atoms with Crippen molar-refractivity contribution in [1.29, 1.82) is 0 Å². The number of aromatic carboxylic acids is 1. The fraction of sp³-hybridized carbons (Fsp3) is 0.310. The standard InChI is InChI=1S/C29H33N3O3/c1-29(2,3)28(35)30-25-15-14-23(20-24(25)27(33)34)31-16-18-32(19-17-31)26(21-10-6-4-7-11-21)22-12-8-5-9-13-22/h4-15,20,26H,16-19H2,1-3H3,(H,30,35)(H,33,34). The lowest BCUT2D eigenvalue weighted by Gasteiger charge is -2.40. The van der Waals surface area contributed by atoms with Crippen LogP contribution in [-0.4, -0.2) is 48.1 Å². The Morgan fingerprint density at radius 2 is 1.37 bits per heavy atom. The molecular formula is C29H33N3O3. The van der Waals surface area contributed by atoms with Crippen LogP contribution in [0.4, 0.5) is 11.4 Å². The SMILES string of the molecule is CC(C)(C)C(=O)Nc1ccc(N2CCN(C(c3ccccc3)c3ccccc3)CC2)cc1C(=O)O. The maximum absolute atomic E-state index is 12.4. The molecule has 1 saturated heterocycles. The smallest absolute Gasteiger partial charge is 0.337 e. The van der Waals surface area contributed by atoms with E-state index in [-0.39, 0.29) is 17.5 Å². The first-order valence-corrected chi connectivity index (χ1v) is 12.0. The summed E-state index contributed by atoms with van der Waals surface area (Å²) in [7, 11) is 0. The highest BCUT2D eigenvalue weighted by Crippen LogP contribution is 2.31. The minimum atomic E-state index is -1.05. The first-order valence-electron chi connectivity index (χ1n) is 12.0. The van der Waals surface area contributed by atoms with Gasteiger partial charge in [0.25, 0.3) is 0 Å².